The number of carboxylic acids is 1. The maximum atomic E-state index is 17.3. The van der Waals surface area contributed by atoms with Gasteiger partial charge < -0.3 is 48.6 Å². The molecule has 0 spiro atoms. The molecule has 5 fully saturated rings. The molecular formula is C46H53F2N3O14. The van der Waals surface area contributed by atoms with E-state index in [0.29, 0.717) is 24.8 Å². The number of carboxylic acid groups (broad SMARTS) is 1. The highest BCUT2D eigenvalue weighted by Crippen LogP contribution is 2.69. The van der Waals surface area contributed by atoms with Gasteiger partial charge in [-0.3, -0.25) is 24.0 Å². The Balaban J connectivity index is 0.806. The van der Waals surface area contributed by atoms with Gasteiger partial charge in [-0.1, -0.05) is 18.6 Å². The summed E-state index contributed by atoms with van der Waals surface area (Å²) in [6.07, 6.45) is 4.41. The minimum absolute atomic E-state index is 0.0301. The van der Waals surface area contributed by atoms with Crippen molar-refractivity contribution in [1.29, 1.82) is 0 Å². The number of halogens is 2. The number of ketones is 2. The Bertz CT molecular complexity index is 2500. The molecule has 1 saturated heterocycles. The molecule has 1 aromatic heterocycles. The molecule has 0 bridgehead atoms. The van der Waals surface area contributed by atoms with Crippen LogP contribution in [0.3, 0.4) is 0 Å². The number of Topliss-reactive ketones (excluding diaryl/α,β-unsaturated/α-hetero) is 1. The van der Waals surface area contributed by atoms with Gasteiger partial charge in [0.25, 0.3) is 0 Å². The number of esters is 2. The van der Waals surface area contributed by atoms with E-state index in [4.69, 9.17) is 18.9 Å². The topological polar surface area (TPSA) is 229 Å². The first-order chi connectivity index (χ1) is 30.7. The number of aliphatic hydroxyl groups is 2. The number of pyridine rings is 1. The molecule has 4 saturated carbocycles. The van der Waals surface area contributed by atoms with E-state index >= 15 is 8.78 Å². The summed E-state index contributed by atoms with van der Waals surface area (Å²) >= 11 is 0. The number of anilines is 1. The maximum Gasteiger partial charge on any atom is 0.413 e. The minimum Gasteiger partial charge on any atom is -0.492 e. The SMILES string of the molecule is COc1c(N2CCN(C(=O)OCOC(=O)CCC(=O)OCC(=O)[C@@]3(O)CC[C@H]4C5CCC6=CC(=O)C=C[C@]6(C)[C@@]5(F)[C@@H](O)C[C@@]43C)C(C)C2)c(F)cc2c(=O)c(C(=O)O)cn(C3CC3)c12. The summed E-state index contributed by atoms with van der Waals surface area (Å²) in [5.74, 6) is -6.27. The zero-order valence-electron chi connectivity index (χ0n) is 36.6. The summed E-state index contributed by atoms with van der Waals surface area (Å²) in [6.45, 7) is 3.70. The standard InChI is InChI=1S/C46H53F2N3O14/c1-24-20-49(38-32(47)18-28-37(40(38)62-4)51(26-6-7-26)21-29(39(28)57)41(58)59)15-16-50(24)42(60)65-23-64-36(56)10-9-35(55)63-22-34(54)45(61)14-12-30-31-8-5-25-17-27(52)11-13-43(25,2)46(31,48)33(53)19-44(30,45)3/h11,13,17-18,21,24,26,30-31,33,53,61H,5-10,12,14-16,19-20,22-23H2,1-4H3,(H,58,59)/t24?,30-,31?,33-,43-,44-,45-,46-/m0/s1. The predicted molar refractivity (Wildman–Crippen MR) is 224 cm³/mol. The van der Waals surface area contributed by atoms with E-state index in [2.05, 4.69) is 0 Å². The van der Waals surface area contributed by atoms with Crippen LogP contribution in [0.25, 0.3) is 10.9 Å². The third kappa shape index (κ3) is 7.38. The van der Waals surface area contributed by atoms with Crippen molar-refractivity contribution in [2.45, 2.75) is 108 Å². The summed E-state index contributed by atoms with van der Waals surface area (Å²) in [4.78, 5) is 91.8. The highest BCUT2D eigenvalue weighted by Gasteiger charge is 2.74. The Morgan fingerprint density at radius 2 is 1.68 bits per heavy atom. The first-order valence-electron chi connectivity index (χ1n) is 21.9. The van der Waals surface area contributed by atoms with E-state index in [0.717, 1.165) is 18.9 Å². The number of piperazine rings is 1. The number of methoxy groups -OCH3 is 1. The van der Waals surface area contributed by atoms with Crippen molar-refractivity contribution in [3.8, 4) is 5.75 Å². The third-order valence-electron chi connectivity index (χ3n) is 15.3. The van der Waals surface area contributed by atoms with Crippen LogP contribution in [0, 0.1) is 28.5 Å². The zero-order chi connectivity index (χ0) is 47.0. The fourth-order valence-electron chi connectivity index (χ4n) is 11.7. The lowest BCUT2D eigenvalue weighted by Crippen LogP contribution is -2.69. The average Bonchev–Trinajstić information content (AvgIpc) is 4.07. The number of rotatable bonds is 12. The number of fused-ring (bicyclic) bond motifs is 6. The van der Waals surface area contributed by atoms with Crippen LogP contribution >= 0.6 is 0 Å². The molecule has 6 aliphatic rings. The van der Waals surface area contributed by atoms with Crippen molar-refractivity contribution in [3.63, 3.8) is 0 Å². The van der Waals surface area contributed by atoms with Gasteiger partial charge in [0.15, 0.2) is 29.6 Å². The second kappa shape index (κ2) is 16.6. The van der Waals surface area contributed by atoms with Crippen molar-refractivity contribution in [2.24, 2.45) is 22.7 Å². The summed E-state index contributed by atoms with van der Waals surface area (Å²) in [7, 11) is 1.33. The lowest BCUT2D eigenvalue weighted by molar-refractivity contribution is -0.217. The Morgan fingerprint density at radius 3 is 2.34 bits per heavy atom. The molecule has 1 aliphatic heterocycles. The first-order valence-corrected chi connectivity index (χ1v) is 21.9. The second-order valence-corrected chi connectivity index (χ2v) is 18.7. The van der Waals surface area contributed by atoms with Crippen LogP contribution in [0.5, 0.6) is 5.75 Å². The normalized spacial score (nSPS) is 31.6. The number of alkyl halides is 1. The minimum atomic E-state index is -2.14. The third-order valence-corrected chi connectivity index (χ3v) is 15.3. The number of aromatic carboxylic acids is 1. The molecule has 3 N–H and O–H groups in total. The molecule has 2 unspecified atom stereocenters. The fourth-order valence-corrected chi connectivity index (χ4v) is 11.7. The molecule has 1 aromatic carbocycles. The number of aliphatic hydroxyl groups excluding tert-OH is 1. The monoisotopic (exact) mass is 909 g/mol. The molecule has 1 amide bonds. The summed E-state index contributed by atoms with van der Waals surface area (Å²) < 4.78 is 55.8. The molecule has 8 rings (SSSR count). The second-order valence-electron chi connectivity index (χ2n) is 18.7. The Morgan fingerprint density at radius 1 is 0.969 bits per heavy atom. The summed E-state index contributed by atoms with van der Waals surface area (Å²) in [5.41, 5.74) is -7.01. The van der Waals surface area contributed by atoms with Crippen LogP contribution in [-0.4, -0.2) is 124 Å². The number of nitrogens with zero attached hydrogens (tertiary/aromatic N) is 3. The predicted octanol–water partition coefficient (Wildman–Crippen LogP) is 4.32. The number of ether oxygens (including phenoxy) is 4. The van der Waals surface area contributed by atoms with Crippen LogP contribution < -0.4 is 15.1 Å². The molecular weight excluding hydrogens is 857 g/mol. The van der Waals surface area contributed by atoms with Gasteiger partial charge in [-0.15, -0.1) is 0 Å². The number of carbonyl (C=O) groups excluding carboxylic acids is 5. The lowest BCUT2D eigenvalue weighted by atomic mass is 9.44. The van der Waals surface area contributed by atoms with Crippen LogP contribution in [0.1, 0.15) is 95.0 Å². The van der Waals surface area contributed by atoms with Crippen molar-refractivity contribution in [1.82, 2.24) is 9.47 Å². The van der Waals surface area contributed by atoms with Crippen LogP contribution in [0.4, 0.5) is 19.3 Å². The Kier molecular flexibility index (Phi) is 11.7. The molecule has 5 aliphatic carbocycles. The fraction of sp³-hybridized carbons (Fsp3) is 0.587. The van der Waals surface area contributed by atoms with Crippen LogP contribution in [0.2, 0.25) is 0 Å². The van der Waals surface area contributed by atoms with E-state index in [1.807, 2.05) is 0 Å². The average molecular weight is 910 g/mol. The largest absolute Gasteiger partial charge is 0.492 e. The van der Waals surface area contributed by atoms with Crippen LogP contribution in [-0.2, 0) is 33.4 Å². The number of amides is 1. The number of hydrogen-bond donors (Lipinski definition) is 3. The van der Waals surface area contributed by atoms with Gasteiger partial charge in [-0.05, 0) is 82.9 Å². The molecule has 19 heteroatoms. The lowest BCUT2D eigenvalue weighted by Gasteiger charge is -2.62. The van der Waals surface area contributed by atoms with Gasteiger partial charge in [-0.25, -0.2) is 18.4 Å². The maximum absolute atomic E-state index is 17.3. The highest BCUT2D eigenvalue weighted by molar-refractivity contribution is 6.01. The summed E-state index contributed by atoms with van der Waals surface area (Å²) in [5, 5.41) is 32.9. The molecule has 350 valence electrons. The van der Waals surface area contributed by atoms with Crippen molar-refractivity contribution in [3.05, 3.63) is 57.7 Å². The van der Waals surface area contributed by atoms with E-state index in [-0.39, 0.29) is 66.6 Å². The first kappa shape index (κ1) is 45.9. The van der Waals surface area contributed by atoms with Crippen molar-refractivity contribution in [2.75, 3.05) is 45.0 Å². The van der Waals surface area contributed by atoms with E-state index in [1.54, 1.807) is 30.2 Å². The van der Waals surface area contributed by atoms with Gasteiger partial charge in [-0.2, -0.15) is 0 Å². The highest BCUT2D eigenvalue weighted by atomic mass is 19.1. The number of allylic oxidation sites excluding steroid dienone is 4. The zero-order valence-corrected chi connectivity index (χ0v) is 36.6. The quantitative estimate of drug-likeness (QED) is 0.199. The van der Waals surface area contributed by atoms with E-state index < -0.39 is 119 Å². The van der Waals surface area contributed by atoms with Crippen molar-refractivity contribution < 1.29 is 71.8 Å². The molecule has 17 nitrogen and oxygen atoms in total. The number of aromatic nitrogens is 1. The van der Waals surface area contributed by atoms with Gasteiger partial charge >= 0.3 is 24.0 Å². The number of hydrogen-bond acceptors (Lipinski definition) is 14. The Labute approximate surface area is 371 Å². The smallest absolute Gasteiger partial charge is 0.413 e. The summed E-state index contributed by atoms with van der Waals surface area (Å²) in [6, 6.07) is 0.376. The van der Waals surface area contributed by atoms with Crippen molar-refractivity contribution >= 4 is 52.2 Å². The number of benzene rings is 1. The van der Waals surface area contributed by atoms with Gasteiger partial charge in [0.2, 0.25) is 18.0 Å². The van der Waals surface area contributed by atoms with Crippen LogP contribution in [0.15, 0.2) is 40.9 Å². The van der Waals surface area contributed by atoms with Gasteiger partial charge in [0.05, 0.1) is 37.0 Å². The molecule has 65 heavy (non-hydrogen) atoms. The molecule has 2 aromatic rings. The van der Waals surface area contributed by atoms with Gasteiger partial charge in [0, 0.05) is 54.7 Å². The Hall–Kier alpha value is -5.69. The number of carbonyl (C=O) groups is 6. The van der Waals surface area contributed by atoms with E-state index in [9.17, 15) is 48.9 Å². The molecule has 2 heterocycles. The van der Waals surface area contributed by atoms with E-state index in [1.165, 1.54) is 36.4 Å². The molecule has 0 radical (unpaired) electrons. The van der Waals surface area contributed by atoms with Gasteiger partial charge in [0.1, 0.15) is 16.9 Å². The molecule has 8 atom stereocenters.